The van der Waals surface area contributed by atoms with Gasteiger partial charge in [0, 0.05) is 6.54 Å². The first kappa shape index (κ1) is 17.2. The lowest BCUT2D eigenvalue weighted by Gasteiger charge is -2.12. The van der Waals surface area contributed by atoms with Crippen molar-refractivity contribution in [3.8, 4) is 0 Å². The molecule has 0 bridgehead atoms. The molecular formula is C17H18N2O5S. The molecule has 0 spiro atoms. The standard InChI is InChI=1S/C17H18N2O5S/c1-2-23-15(20)7-8-19-12-5-3-4-6-14(12)25-17(19)18-16(21)13-11-22-9-10-24-13/h3-6,11H,2,7-10H2,1H3. The molecule has 0 N–H and O–H groups in total. The van der Waals surface area contributed by atoms with Crippen LogP contribution in [-0.4, -0.2) is 36.3 Å². The molecule has 25 heavy (non-hydrogen) atoms. The fourth-order valence-electron chi connectivity index (χ4n) is 2.38. The number of aromatic nitrogens is 1. The number of esters is 1. The number of fused-ring (bicyclic) bond motifs is 1. The third kappa shape index (κ3) is 4.08. The summed E-state index contributed by atoms with van der Waals surface area (Å²) in [7, 11) is 0. The average molecular weight is 362 g/mol. The first-order valence-corrected chi connectivity index (χ1v) is 8.78. The number of para-hydroxylation sites is 1. The molecule has 1 aromatic heterocycles. The van der Waals surface area contributed by atoms with Crippen LogP contribution in [-0.2, 0) is 30.3 Å². The Morgan fingerprint density at radius 2 is 2.16 bits per heavy atom. The predicted molar refractivity (Wildman–Crippen MR) is 91.6 cm³/mol. The number of nitrogens with zero attached hydrogens (tertiary/aromatic N) is 2. The third-order valence-corrected chi connectivity index (χ3v) is 4.55. The molecule has 0 fully saturated rings. The van der Waals surface area contributed by atoms with Gasteiger partial charge < -0.3 is 18.8 Å². The zero-order valence-corrected chi connectivity index (χ0v) is 14.6. The minimum Gasteiger partial charge on any atom is -0.494 e. The fourth-order valence-corrected chi connectivity index (χ4v) is 3.44. The van der Waals surface area contributed by atoms with Crippen LogP contribution in [0.25, 0.3) is 10.2 Å². The molecule has 7 nitrogen and oxygen atoms in total. The summed E-state index contributed by atoms with van der Waals surface area (Å²) in [5.41, 5.74) is 0.915. The van der Waals surface area contributed by atoms with E-state index in [0.29, 0.717) is 31.2 Å². The Hall–Kier alpha value is -2.61. The summed E-state index contributed by atoms with van der Waals surface area (Å²) in [6, 6.07) is 7.70. The predicted octanol–water partition coefficient (Wildman–Crippen LogP) is 1.97. The number of aryl methyl sites for hydroxylation is 1. The van der Waals surface area contributed by atoms with Crippen molar-refractivity contribution in [2.75, 3.05) is 19.8 Å². The van der Waals surface area contributed by atoms with Gasteiger partial charge >= 0.3 is 11.9 Å². The topological polar surface area (TPSA) is 79.1 Å². The molecule has 0 unspecified atom stereocenters. The van der Waals surface area contributed by atoms with Crippen LogP contribution in [0, 0.1) is 0 Å². The van der Waals surface area contributed by atoms with Gasteiger partial charge in [0.05, 0.1) is 23.2 Å². The van der Waals surface area contributed by atoms with Crippen molar-refractivity contribution < 1.29 is 23.8 Å². The minimum atomic E-state index is -0.504. The van der Waals surface area contributed by atoms with E-state index in [0.717, 1.165) is 10.2 Å². The highest BCUT2D eigenvalue weighted by molar-refractivity contribution is 7.16. The summed E-state index contributed by atoms with van der Waals surface area (Å²) < 4.78 is 18.2. The fraction of sp³-hybridized carbons (Fsp3) is 0.353. The maximum Gasteiger partial charge on any atom is 0.317 e. The number of carbonyl (C=O) groups is 2. The van der Waals surface area contributed by atoms with E-state index in [1.165, 1.54) is 17.6 Å². The summed E-state index contributed by atoms with van der Waals surface area (Å²) in [5.74, 6) is -0.703. The summed E-state index contributed by atoms with van der Waals surface area (Å²) in [5, 5.41) is 0. The zero-order chi connectivity index (χ0) is 17.6. The Kier molecular flexibility index (Phi) is 5.49. The van der Waals surface area contributed by atoms with E-state index in [4.69, 9.17) is 14.2 Å². The van der Waals surface area contributed by atoms with Crippen molar-refractivity contribution in [1.29, 1.82) is 0 Å². The van der Waals surface area contributed by atoms with Gasteiger partial charge in [-0.25, -0.2) is 0 Å². The highest BCUT2D eigenvalue weighted by atomic mass is 32.1. The Morgan fingerprint density at radius 3 is 2.92 bits per heavy atom. The van der Waals surface area contributed by atoms with E-state index < -0.39 is 5.91 Å². The third-order valence-electron chi connectivity index (χ3n) is 3.49. The van der Waals surface area contributed by atoms with E-state index >= 15 is 0 Å². The molecule has 1 amide bonds. The summed E-state index contributed by atoms with van der Waals surface area (Å²) in [4.78, 5) is 28.6. The monoisotopic (exact) mass is 362 g/mol. The molecule has 0 aliphatic carbocycles. The van der Waals surface area contributed by atoms with Crippen molar-refractivity contribution in [3.63, 3.8) is 0 Å². The second-order valence-corrected chi connectivity index (χ2v) is 6.19. The van der Waals surface area contributed by atoms with E-state index in [2.05, 4.69) is 4.99 Å². The highest BCUT2D eigenvalue weighted by Crippen LogP contribution is 2.17. The van der Waals surface area contributed by atoms with Crippen LogP contribution >= 0.6 is 11.3 Å². The molecule has 0 saturated carbocycles. The smallest absolute Gasteiger partial charge is 0.317 e. The number of rotatable bonds is 5. The lowest BCUT2D eigenvalue weighted by Crippen LogP contribution is -2.21. The molecule has 3 rings (SSSR count). The van der Waals surface area contributed by atoms with Crippen LogP contribution in [0.5, 0.6) is 0 Å². The maximum atomic E-state index is 12.3. The molecule has 0 atom stereocenters. The molecular weight excluding hydrogens is 344 g/mol. The lowest BCUT2D eigenvalue weighted by molar-refractivity contribution is -0.143. The number of hydrogen-bond acceptors (Lipinski definition) is 6. The second kappa shape index (κ2) is 7.98. The summed E-state index contributed by atoms with van der Waals surface area (Å²) >= 11 is 1.38. The normalized spacial score (nSPS) is 14.6. The van der Waals surface area contributed by atoms with Crippen molar-refractivity contribution in [2.24, 2.45) is 4.99 Å². The number of carbonyl (C=O) groups excluding carboxylic acids is 2. The Morgan fingerprint density at radius 1 is 1.32 bits per heavy atom. The maximum absolute atomic E-state index is 12.3. The largest absolute Gasteiger partial charge is 0.494 e. The first-order valence-electron chi connectivity index (χ1n) is 7.96. The molecule has 1 aliphatic heterocycles. The van der Waals surface area contributed by atoms with E-state index in [9.17, 15) is 9.59 Å². The number of thiazole rings is 1. The van der Waals surface area contributed by atoms with Gasteiger partial charge in [0.15, 0.2) is 4.80 Å². The van der Waals surface area contributed by atoms with Crippen LogP contribution < -0.4 is 4.80 Å². The van der Waals surface area contributed by atoms with Gasteiger partial charge in [0.1, 0.15) is 19.5 Å². The van der Waals surface area contributed by atoms with E-state index in [-0.39, 0.29) is 18.1 Å². The van der Waals surface area contributed by atoms with Gasteiger partial charge in [-0.3, -0.25) is 9.59 Å². The summed E-state index contributed by atoms with van der Waals surface area (Å²) in [6.45, 7) is 3.23. The molecule has 2 heterocycles. The molecule has 1 aliphatic rings. The van der Waals surface area contributed by atoms with Crippen LogP contribution in [0.3, 0.4) is 0 Å². The quantitative estimate of drug-likeness (QED) is 0.760. The molecule has 1 aromatic carbocycles. The number of ether oxygens (including phenoxy) is 3. The van der Waals surface area contributed by atoms with Gasteiger partial charge in [-0.2, -0.15) is 4.99 Å². The average Bonchev–Trinajstić information content (AvgIpc) is 2.98. The van der Waals surface area contributed by atoms with Crippen molar-refractivity contribution in [1.82, 2.24) is 4.57 Å². The molecule has 0 radical (unpaired) electrons. The second-order valence-electron chi connectivity index (χ2n) is 5.18. The van der Waals surface area contributed by atoms with Gasteiger partial charge in [0.25, 0.3) is 0 Å². The van der Waals surface area contributed by atoms with Crippen LogP contribution in [0.4, 0.5) is 0 Å². The minimum absolute atomic E-state index is 0.0839. The van der Waals surface area contributed by atoms with Gasteiger partial charge in [-0.1, -0.05) is 23.5 Å². The zero-order valence-electron chi connectivity index (χ0n) is 13.8. The SMILES string of the molecule is CCOC(=O)CCn1c(=NC(=O)C2=COCCO2)sc2ccccc21. The molecule has 0 saturated heterocycles. The number of hydrogen-bond donors (Lipinski definition) is 0. The summed E-state index contributed by atoms with van der Waals surface area (Å²) in [6.07, 6.45) is 1.49. The van der Waals surface area contributed by atoms with Crippen molar-refractivity contribution >= 4 is 33.4 Å². The molecule has 132 valence electrons. The van der Waals surface area contributed by atoms with Crippen LogP contribution in [0.1, 0.15) is 13.3 Å². The van der Waals surface area contributed by atoms with Crippen molar-refractivity contribution in [2.45, 2.75) is 19.9 Å². The first-order chi connectivity index (χ1) is 12.2. The Bertz CT molecular complexity index is 881. The lowest BCUT2D eigenvalue weighted by atomic mass is 10.3. The highest BCUT2D eigenvalue weighted by Gasteiger charge is 2.16. The van der Waals surface area contributed by atoms with Gasteiger partial charge in [-0.15, -0.1) is 0 Å². The van der Waals surface area contributed by atoms with Crippen LogP contribution in [0.2, 0.25) is 0 Å². The molecule has 2 aromatic rings. The van der Waals surface area contributed by atoms with Crippen LogP contribution in [0.15, 0.2) is 41.3 Å². The Labute approximate surface area is 148 Å². The van der Waals surface area contributed by atoms with Gasteiger partial charge in [-0.05, 0) is 19.1 Å². The Balaban J connectivity index is 1.94. The van der Waals surface area contributed by atoms with Gasteiger partial charge in [0.2, 0.25) is 5.76 Å². The molecule has 8 heteroatoms. The van der Waals surface area contributed by atoms with E-state index in [1.54, 1.807) is 6.92 Å². The number of amides is 1. The number of benzene rings is 1. The van der Waals surface area contributed by atoms with E-state index in [1.807, 2.05) is 28.8 Å². The van der Waals surface area contributed by atoms with Crippen molar-refractivity contribution in [3.05, 3.63) is 41.1 Å².